The van der Waals surface area contributed by atoms with Crippen molar-refractivity contribution in [1.29, 1.82) is 0 Å². The zero-order chi connectivity index (χ0) is 29.8. The molecule has 2 aliphatic rings. The lowest BCUT2D eigenvalue weighted by atomic mass is 9.91. The van der Waals surface area contributed by atoms with Gasteiger partial charge >= 0.3 is 6.03 Å². The van der Waals surface area contributed by atoms with Crippen molar-refractivity contribution in [3.8, 4) is 5.75 Å². The molecule has 218 valence electrons. The number of anilines is 1. The van der Waals surface area contributed by atoms with Crippen molar-refractivity contribution < 1.29 is 28.7 Å². The number of ketones is 1. The van der Waals surface area contributed by atoms with E-state index in [0.29, 0.717) is 11.3 Å². The summed E-state index contributed by atoms with van der Waals surface area (Å²) in [6.45, 7) is 4.91. The van der Waals surface area contributed by atoms with Crippen molar-refractivity contribution in [3.05, 3.63) is 76.8 Å². The maximum absolute atomic E-state index is 13.7. The van der Waals surface area contributed by atoms with Gasteiger partial charge in [-0.3, -0.25) is 19.2 Å². The van der Waals surface area contributed by atoms with Crippen LogP contribution in [0.1, 0.15) is 60.3 Å². The maximum atomic E-state index is 13.7. The molecular weight excluding hydrogens is 558 g/mol. The van der Waals surface area contributed by atoms with Crippen LogP contribution in [0.25, 0.3) is 0 Å². The van der Waals surface area contributed by atoms with Crippen LogP contribution in [0, 0.1) is 0 Å². The second-order valence-electron chi connectivity index (χ2n) is 10.1. The molecule has 2 fully saturated rings. The Morgan fingerprint density at radius 2 is 1.81 bits per heavy atom. The minimum absolute atomic E-state index is 0.0758. The van der Waals surface area contributed by atoms with Crippen molar-refractivity contribution in [2.75, 3.05) is 25.0 Å². The third-order valence-electron chi connectivity index (χ3n) is 7.44. The minimum atomic E-state index is -1.20. The fourth-order valence-electron chi connectivity index (χ4n) is 4.87. The average molecular weight is 590 g/mol. The fraction of sp³-hybridized carbons (Fsp3) is 0.333. The van der Waals surface area contributed by atoms with Crippen LogP contribution in [0.3, 0.4) is 0 Å². The molecule has 0 radical (unpaired) electrons. The first-order valence-corrected chi connectivity index (χ1v) is 14.6. The number of carbonyl (C=O) groups excluding carboxylic acids is 5. The standard InChI is InChI=1S/C30H31N5O6S/c1-3-23(36)22-17-42-29(31-22)33-27(38)26(18(2)19-8-5-4-6-9-19)35-28(39)25(32-30(35)40)20-10-12-21(13-11-20)41-16-24(37)34-14-7-15-34/h4-6,8-13,17-18,25-26H,3,7,14-16H2,1-2H3,(H,32,40)(H,31,33,38)/t18-,25?,26-/m0/s1. The number of imide groups is 1. The number of amides is 5. The van der Waals surface area contributed by atoms with Crippen LogP contribution in [-0.2, 0) is 14.4 Å². The molecule has 3 heterocycles. The van der Waals surface area contributed by atoms with E-state index in [4.69, 9.17) is 4.74 Å². The number of nitrogens with zero attached hydrogens (tertiary/aromatic N) is 3. The van der Waals surface area contributed by atoms with Gasteiger partial charge in [0.1, 0.15) is 23.5 Å². The van der Waals surface area contributed by atoms with Gasteiger partial charge in [-0.05, 0) is 29.7 Å². The Labute approximate surface area is 246 Å². The van der Waals surface area contributed by atoms with E-state index in [1.54, 1.807) is 48.4 Å². The van der Waals surface area contributed by atoms with E-state index in [1.165, 1.54) is 0 Å². The molecule has 0 aliphatic carbocycles. The number of Topliss-reactive ketones (excluding diaryl/α,β-unsaturated/α-hetero) is 1. The van der Waals surface area contributed by atoms with Crippen LogP contribution in [-0.4, -0.2) is 70.1 Å². The van der Waals surface area contributed by atoms with Gasteiger partial charge in [0.25, 0.3) is 11.8 Å². The highest BCUT2D eigenvalue weighted by Gasteiger charge is 2.47. The number of hydrogen-bond donors (Lipinski definition) is 2. The van der Waals surface area contributed by atoms with E-state index in [-0.39, 0.29) is 35.5 Å². The summed E-state index contributed by atoms with van der Waals surface area (Å²) in [4.78, 5) is 71.7. The first-order valence-electron chi connectivity index (χ1n) is 13.8. The Kier molecular flexibility index (Phi) is 8.62. The van der Waals surface area contributed by atoms with Gasteiger partial charge < -0.3 is 20.3 Å². The molecule has 2 saturated heterocycles. The Hall–Kier alpha value is -4.58. The zero-order valence-electron chi connectivity index (χ0n) is 23.2. The molecule has 1 unspecified atom stereocenters. The Morgan fingerprint density at radius 3 is 2.45 bits per heavy atom. The van der Waals surface area contributed by atoms with Crippen molar-refractivity contribution >= 4 is 46.0 Å². The van der Waals surface area contributed by atoms with E-state index in [1.807, 2.05) is 30.3 Å². The van der Waals surface area contributed by atoms with Crippen LogP contribution in [0.5, 0.6) is 5.75 Å². The van der Waals surface area contributed by atoms with Crippen LogP contribution in [0.2, 0.25) is 0 Å². The molecule has 3 aromatic rings. The number of likely N-dealkylation sites (tertiary alicyclic amines) is 1. The van der Waals surface area contributed by atoms with Crippen molar-refractivity contribution in [3.63, 3.8) is 0 Å². The third kappa shape index (κ3) is 6.03. The highest BCUT2D eigenvalue weighted by molar-refractivity contribution is 7.14. The van der Waals surface area contributed by atoms with Crippen molar-refractivity contribution in [1.82, 2.24) is 20.1 Å². The van der Waals surface area contributed by atoms with Gasteiger partial charge in [-0.25, -0.2) is 14.7 Å². The molecule has 3 atom stereocenters. The van der Waals surface area contributed by atoms with E-state index >= 15 is 0 Å². The highest BCUT2D eigenvalue weighted by Crippen LogP contribution is 2.32. The van der Waals surface area contributed by atoms with Gasteiger partial charge in [0.05, 0.1) is 0 Å². The summed E-state index contributed by atoms with van der Waals surface area (Å²) >= 11 is 1.10. The van der Waals surface area contributed by atoms with E-state index < -0.39 is 35.8 Å². The molecule has 2 aromatic carbocycles. The van der Waals surface area contributed by atoms with Crippen molar-refractivity contribution in [2.45, 2.75) is 44.7 Å². The van der Waals surface area contributed by atoms with Gasteiger partial charge in [0.15, 0.2) is 17.5 Å². The minimum Gasteiger partial charge on any atom is -0.484 e. The quantitative estimate of drug-likeness (QED) is 0.257. The largest absolute Gasteiger partial charge is 0.484 e. The SMILES string of the molecule is CCC(=O)c1csc(NC(=O)[C@H]([C@@H](C)c2ccccc2)N2C(=O)NC(c3ccc(OCC(=O)N4CCC4)cc3)C2=O)n1. The lowest BCUT2D eigenvalue weighted by Gasteiger charge is -2.30. The van der Waals surface area contributed by atoms with E-state index in [0.717, 1.165) is 41.3 Å². The number of ether oxygens (including phenoxy) is 1. The number of urea groups is 1. The predicted molar refractivity (Wildman–Crippen MR) is 155 cm³/mol. The van der Waals surface area contributed by atoms with Crippen LogP contribution in [0.4, 0.5) is 9.93 Å². The number of nitrogens with one attached hydrogen (secondary N) is 2. The molecule has 0 spiro atoms. The molecule has 0 bridgehead atoms. The molecule has 2 N–H and O–H groups in total. The lowest BCUT2D eigenvalue weighted by Crippen LogP contribution is -2.50. The predicted octanol–water partition coefficient (Wildman–Crippen LogP) is 3.75. The smallest absolute Gasteiger partial charge is 0.325 e. The molecule has 5 amide bonds. The average Bonchev–Trinajstić information content (AvgIpc) is 3.55. The topological polar surface area (TPSA) is 138 Å². The van der Waals surface area contributed by atoms with E-state index in [2.05, 4.69) is 15.6 Å². The summed E-state index contributed by atoms with van der Waals surface area (Å²) in [6, 6.07) is 12.8. The Balaban J connectivity index is 1.34. The maximum Gasteiger partial charge on any atom is 0.325 e. The summed E-state index contributed by atoms with van der Waals surface area (Å²) in [5.74, 6) is -1.52. The van der Waals surface area contributed by atoms with Crippen LogP contribution in [0.15, 0.2) is 60.0 Å². The molecule has 0 saturated carbocycles. The molecule has 42 heavy (non-hydrogen) atoms. The summed E-state index contributed by atoms with van der Waals surface area (Å²) < 4.78 is 5.59. The first kappa shape index (κ1) is 28.9. The lowest BCUT2D eigenvalue weighted by molar-refractivity contribution is -0.136. The van der Waals surface area contributed by atoms with Gasteiger partial charge in [0.2, 0.25) is 5.91 Å². The molecular formula is C30H31N5O6S. The fourth-order valence-corrected chi connectivity index (χ4v) is 5.59. The normalized spacial score (nSPS) is 17.7. The van der Waals surface area contributed by atoms with Gasteiger partial charge in [-0.2, -0.15) is 0 Å². The number of aromatic nitrogens is 1. The van der Waals surface area contributed by atoms with Gasteiger partial charge in [-0.15, -0.1) is 11.3 Å². The molecule has 12 heteroatoms. The van der Waals surface area contributed by atoms with Crippen molar-refractivity contribution in [2.24, 2.45) is 0 Å². The van der Waals surface area contributed by atoms with Gasteiger partial charge in [0, 0.05) is 30.8 Å². The molecule has 5 rings (SSSR count). The number of carbonyl (C=O) groups is 5. The molecule has 1 aromatic heterocycles. The highest BCUT2D eigenvalue weighted by atomic mass is 32.1. The number of thiazole rings is 1. The summed E-state index contributed by atoms with van der Waals surface area (Å²) in [5.41, 5.74) is 1.52. The Bertz CT molecular complexity index is 1490. The number of hydrogen-bond acceptors (Lipinski definition) is 8. The molecule has 2 aliphatic heterocycles. The number of benzene rings is 2. The third-order valence-corrected chi connectivity index (χ3v) is 8.20. The van der Waals surface area contributed by atoms with E-state index in [9.17, 15) is 24.0 Å². The van der Waals surface area contributed by atoms with Gasteiger partial charge in [-0.1, -0.05) is 56.3 Å². The second-order valence-corrected chi connectivity index (χ2v) is 11.0. The zero-order valence-corrected chi connectivity index (χ0v) is 24.1. The Morgan fingerprint density at radius 1 is 1.10 bits per heavy atom. The van der Waals surface area contributed by atoms with Crippen LogP contribution >= 0.6 is 11.3 Å². The molecule has 11 nitrogen and oxygen atoms in total. The van der Waals surface area contributed by atoms with Crippen LogP contribution < -0.4 is 15.4 Å². The summed E-state index contributed by atoms with van der Waals surface area (Å²) in [7, 11) is 0. The second kappa shape index (κ2) is 12.5. The monoisotopic (exact) mass is 589 g/mol. The summed E-state index contributed by atoms with van der Waals surface area (Å²) in [5, 5.41) is 7.17. The summed E-state index contributed by atoms with van der Waals surface area (Å²) in [6.07, 6.45) is 1.27. The number of rotatable bonds is 11. The first-order chi connectivity index (χ1) is 20.3.